The first-order valence-corrected chi connectivity index (χ1v) is 7.52. The van der Waals surface area contributed by atoms with Crippen molar-refractivity contribution in [2.24, 2.45) is 5.92 Å². The molecule has 2 rings (SSSR count). The van der Waals surface area contributed by atoms with Crippen molar-refractivity contribution in [1.82, 2.24) is 9.88 Å². The summed E-state index contributed by atoms with van der Waals surface area (Å²) in [5.74, 6) is 0.722. The van der Waals surface area contributed by atoms with Crippen LogP contribution in [0, 0.1) is 12.8 Å². The van der Waals surface area contributed by atoms with Gasteiger partial charge in [-0.2, -0.15) is 0 Å². The van der Waals surface area contributed by atoms with Gasteiger partial charge in [0.15, 0.2) is 0 Å². The molecule has 1 saturated heterocycles. The van der Waals surface area contributed by atoms with Crippen LogP contribution in [0.4, 0.5) is 0 Å². The topological polar surface area (TPSA) is 62.7 Å². The summed E-state index contributed by atoms with van der Waals surface area (Å²) < 4.78 is 5.28. The van der Waals surface area contributed by atoms with Gasteiger partial charge in [-0.3, -0.25) is 14.7 Å². The molecule has 21 heavy (non-hydrogen) atoms. The van der Waals surface area contributed by atoms with E-state index in [2.05, 4.69) is 9.88 Å². The number of rotatable bonds is 6. The summed E-state index contributed by atoms with van der Waals surface area (Å²) >= 11 is 0. The summed E-state index contributed by atoms with van der Waals surface area (Å²) in [5, 5.41) is 8.74. The second-order valence-corrected chi connectivity index (χ2v) is 5.79. The van der Waals surface area contributed by atoms with E-state index in [0.29, 0.717) is 12.3 Å². The summed E-state index contributed by atoms with van der Waals surface area (Å²) in [4.78, 5) is 17.6. The van der Waals surface area contributed by atoms with Crippen molar-refractivity contribution >= 4 is 5.97 Å². The molecule has 1 aliphatic heterocycles. The number of aliphatic carboxylic acids is 1. The molecule has 5 heteroatoms. The predicted octanol–water partition coefficient (Wildman–Crippen LogP) is 2.48. The molecule has 5 nitrogen and oxygen atoms in total. The molecular formula is C16H24N2O3. The molecule has 1 N–H and O–H groups in total. The van der Waals surface area contributed by atoms with E-state index in [9.17, 15) is 4.79 Å². The number of hydrogen-bond donors (Lipinski definition) is 1. The van der Waals surface area contributed by atoms with Crippen molar-refractivity contribution in [1.29, 1.82) is 0 Å². The summed E-state index contributed by atoms with van der Waals surface area (Å²) in [6, 6.07) is 3.92. The Kier molecular flexibility index (Phi) is 5.56. The number of carboxylic acid groups (broad SMARTS) is 1. The Morgan fingerprint density at radius 3 is 2.76 bits per heavy atom. The fraction of sp³-hybridized carbons (Fsp3) is 0.625. The van der Waals surface area contributed by atoms with E-state index in [1.807, 2.05) is 19.1 Å². The van der Waals surface area contributed by atoms with Gasteiger partial charge in [-0.25, -0.2) is 0 Å². The molecule has 0 bridgehead atoms. The first-order valence-electron chi connectivity index (χ1n) is 7.52. The highest BCUT2D eigenvalue weighted by atomic mass is 16.5. The quantitative estimate of drug-likeness (QED) is 0.872. The minimum atomic E-state index is -0.687. The van der Waals surface area contributed by atoms with Crippen LogP contribution in [0.2, 0.25) is 0 Å². The van der Waals surface area contributed by atoms with Gasteiger partial charge in [-0.05, 0) is 45.2 Å². The van der Waals surface area contributed by atoms with Crippen LogP contribution in [0.1, 0.15) is 37.1 Å². The van der Waals surface area contributed by atoms with Crippen molar-refractivity contribution in [3.05, 3.63) is 23.5 Å². The average molecular weight is 292 g/mol. The number of aromatic nitrogens is 1. The number of aryl methyl sites for hydroxylation is 1. The maximum Gasteiger partial charge on any atom is 0.303 e. The summed E-state index contributed by atoms with van der Waals surface area (Å²) in [5.41, 5.74) is 2.01. The van der Waals surface area contributed by atoms with Gasteiger partial charge in [-0.1, -0.05) is 0 Å². The van der Waals surface area contributed by atoms with Gasteiger partial charge >= 0.3 is 5.97 Å². The number of hydrogen-bond acceptors (Lipinski definition) is 4. The van der Waals surface area contributed by atoms with Gasteiger partial charge < -0.3 is 9.84 Å². The zero-order chi connectivity index (χ0) is 15.2. The molecule has 2 heterocycles. The molecule has 1 fully saturated rings. The molecule has 0 amide bonds. The number of carboxylic acids is 1. The Morgan fingerprint density at radius 2 is 2.14 bits per heavy atom. The van der Waals surface area contributed by atoms with Crippen molar-refractivity contribution in [3.63, 3.8) is 0 Å². The SMILES string of the molecule is COc1cc(C)nc(CN2CCC(CCC(=O)O)CC2)c1. The first-order chi connectivity index (χ1) is 10.1. The number of likely N-dealkylation sites (tertiary alicyclic amines) is 1. The van der Waals surface area contributed by atoms with E-state index in [0.717, 1.165) is 56.0 Å². The van der Waals surface area contributed by atoms with Crippen molar-refractivity contribution in [3.8, 4) is 5.75 Å². The molecule has 0 aromatic carbocycles. The van der Waals surface area contributed by atoms with Gasteiger partial charge in [0.1, 0.15) is 5.75 Å². The molecule has 0 aliphatic carbocycles. The number of pyridine rings is 1. The highest BCUT2D eigenvalue weighted by Crippen LogP contribution is 2.23. The third kappa shape index (κ3) is 5.01. The smallest absolute Gasteiger partial charge is 0.303 e. The zero-order valence-corrected chi connectivity index (χ0v) is 12.8. The van der Waals surface area contributed by atoms with Crippen LogP contribution in [0.15, 0.2) is 12.1 Å². The molecule has 0 saturated carbocycles. The maximum atomic E-state index is 10.6. The third-order valence-corrected chi connectivity index (χ3v) is 4.07. The van der Waals surface area contributed by atoms with Gasteiger partial charge in [0, 0.05) is 30.8 Å². The lowest BCUT2D eigenvalue weighted by molar-refractivity contribution is -0.137. The average Bonchev–Trinajstić information content (AvgIpc) is 2.46. The molecule has 116 valence electrons. The summed E-state index contributed by atoms with van der Waals surface area (Å²) in [6.45, 7) is 4.85. The van der Waals surface area contributed by atoms with E-state index in [1.165, 1.54) is 0 Å². The maximum absolute atomic E-state index is 10.6. The van der Waals surface area contributed by atoms with Crippen LogP contribution in [0.25, 0.3) is 0 Å². The fourth-order valence-electron chi connectivity index (χ4n) is 2.89. The minimum Gasteiger partial charge on any atom is -0.497 e. The Labute approximate surface area is 125 Å². The van der Waals surface area contributed by atoms with E-state index in [4.69, 9.17) is 9.84 Å². The Morgan fingerprint density at radius 1 is 1.43 bits per heavy atom. The molecule has 0 radical (unpaired) electrons. The van der Waals surface area contributed by atoms with Gasteiger partial charge in [0.2, 0.25) is 0 Å². The van der Waals surface area contributed by atoms with Crippen LogP contribution >= 0.6 is 0 Å². The van der Waals surface area contributed by atoms with Crippen LogP contribution in [-0.4, -0.2) is 41.2 Å². The largest absolute Gasteiger partial charge is 0.497 e. The molecule has 0 spiro atoms. The van der Waals surface area contributed by atoms with E-state index in [-0.39, 0.29) is 0 Å². The lowest BCUT2D eigenvalue weighted by Crippen LogP contribution is -2.33. The Hall–Kier alpha value is -1.62. The van der Waals surface area contributed by atoms with E-state index >= 15 is 0 Å². The standard InChI is InChI=1S/C16H24N2O3/c1-12-9-15(21-2)10-14(17-12)11-18-7-5-13(6-8-18)3-4-16(19)20/h9-10,13H,3-8,11H2,1-2H3,(H,19,20). The van der Waals surface area contributed by atoms with Crippen molar-refractivity contribution in [2.75, 3.05) is 20.2 Å². The van der Waals surface area contributed by atoms with Gasteiger partial charge in [0.05, 0.1) is 12.8 Å². The lowest BCUT2D eigenvalue weighted by atomic mass is 9.92. The van der Waals surface area contributed by atoms with Crippen LogP contribution in [0.5, 0.6) is 5.75 Å². The van der Waals surface area contributed by atoms with Gasteiger partial charge in [0.25, 0.3) is 0 Å². The monoisotopic (exact) mass is 292 g/mol. The minimum absolute atomic E-state index is 0.293. The summed E-state index contributed by atoms with van der Waals surface area (Å²) in [6.07, 6.45) is 3.26. The first kappa shape index (κ1) is 15.8. The van der Waals surface area contributed by atoms with Gasteiger partial charge in [-0.15, -0.1) is 0 Å². The molecule has 1 aromatic heterocycles. The number of carbonyl (C=O) groups is 1. The fourth-order valence-corrected chi connectivity index (χ4v) is 2.89. The van der Waals surface area contributed by atoms with Crippen LogP contribution in [0.3, 0.4) is 0 Å². The zero-order valence-electron chi connectivity index (χ0n) is 12.8. The molecule has 1 aromatic rings. The second-order valence-electron chi connectivity index (χ2n) is 5.79. The second kappa shape index (κ2) is 7.41. The predicted molar refractivity (Wildman–Crippen MR) is 80.4 cm³/mol. The Bertz CT molecular complexity index is 482. The normalized spacial score (nSPS) is 16.9. The van der Waals surface area contributed by atoms with Crippen LogP contribution in [-0.2, 0) is 11.3 Å². The number of piperidine rings is 1. The number of ether oxygens (including phenoxy) is 1. The highest BCUT2D eigenvalue weighted by Gasteiger charge is 2.20. The lowest BCUT2D eigenvalue weighted by Gasteiger charge is -2.31. The third-order valence-electron chi connectivity index (χ3n) is 4.07. The van der Waals surface area contributed by atoms with Crippen LogP contribution < -0.4 is 4.74 Å². The van der Waals surface area contributed by atoms with E-state index < -0.39 is 5.97 Å². The molecule has 1 aliphatic rings. The number of nitrogens with zero attached hydrogens (tertiary/aromatic N) is 2. The molecular weight excluding hydrogens is 268 g/mol. The molecule has 0 atom stereocenters. The van der Waals surface area contributed by atoms with Crippen molar-refractivity contribution in [2.45, 2.75) is 39.2 Å². The van der Waals surface area contributed by atoms with Crippen molar-refractivity contribution < 1.29 is 14.6 Å². The van der Waals surface area contributed by atoms with E-state index in [1.54, 1.807) is 7.11 Å². The molecule has 0 unspecified atom stereocenters. The Balaban J connectivity index is 1.83. The summed E-state index contributed by atoms with van der Waals surface area (Å²) in [7, 11) is 1.67. The number of methoxy groups -OCH3 is 1. The highest BCUT2D eigenvalue weighted by molar-refractivity contribution is 5.66.